The molecule has 0 radical (unpaired) electrons. The molecule has 0 aliphatic carbocycles. The third kappa shape index (κ3) is 3.99. The van der Waals surface area contributed by atoms with Gasteiger partial charge in [-0.2, -0.15) is 0 Å². The van der Waals surface area contributed by atoms with Crippen LogP contribution in [0.15, 0.2) is 28.7 Å². The monoisotopic (exact) mass is 386 g/mol. The fourth-order valence-corrected chi connectivity index (χ4v) is 3.59. The van der Waals surface area contributed by atoms with Gasteiger partial charge in [-0.1, -0.05) is 17.7 Å². The maximum atomic E-state index is 12.0. The molecule has 0 fully saturated rings. The standard InChI is InChI=1S/C15H16BrClN2OS/c1-9-4-5-10(15(20)19(2)3)6-13(9)18-8-11-7-12(16)14(17)21-11/h4-7,18H,8H2,1-3H3. The quantitative estimate of drug-likeness (QED) is 0.818. The molecule has 0 bridgehead atoms. The molecule has 0 saturated carbocycles. The number of hydrogen-bond acceptors (Lipinski definition) is 3. The Kier molecular flexibility index (Phi) is 5.30. The second-order valence-corrected chi connectivity index (χ2v) is 7.51. The average molecular weight is 388 g/mol. The number of nitrogens with zero attached hydrogens (tertiary/aromatic N) is 1. The minimum atomic E-state index is -0.0000347. The zero-order valence-electron chi connectivity index (χ0n) is 12.0. The Labute approximate surface area is 142 Å². The highest BCUT2D eigenvalue weighted by Gasteiger charge is 2.10. The van der Waals surface area contributed by atoms with E-state index in [4.69, 9.17) is 11.6 Å². The summed E-state index contributed by atoms with van der Waals surface area (Å²) in [5.41, 5.74) is 2.74. The summed E-state index contributed by atoms with van der Waals surface area (Å²) in [6.07, 6.45) is 0. The van der Waals surface area contributed by atoms with Gasteiger partial charge in [0.25, 0.3) is 5.91 Å². The van der Waals surface area contributed by atoms with Crippen molar-refractivity contribution in [1.29, 1.82) is 0 Å². The van der Waals surface area contributed by atoms with Crippen LogP contribution in [0.1, 0.15) is 20.8 Å². The summed E-state index contributed by atoms with van der Waals surface area (Å²) in [5, 5.41) is 3.36. The van der Waals surface area contributed by atoms with Crippen molar-refractivity contribution in [3.63, 3.8) is 0 Å². The Bertz CT molecular complexity index is 650. The molecule has 1 heterocycles. The molecule has 6 heteroatoms. The zero-order valence-corrected chi connectivity index (χ0v) is 15.2. The minimum absolute atomic E-state index is 0.0000347. The molecule has 0 spiro atoms. The molecule has 1 aromatic heterocycles. The summed E-state index contributed by atoms with van der Waals surface area (Å²) >= 11 is 11.0. The number of rotatable bonds is 4. The van der Waals surface area contributed by atoms with E-state index in [1.54, 1.807) is 19.0 Å². The molecule has 3 nitrogen and oxygen atoms in total. The van der Waals surface area contributed by atoms with E-state index >= 15 is 0 Å². The maximum Gasteiger partial charge on any atom is 0.253 e. The number of amides is 1. The van der Waals surface area contributed by atoms with Gasteiger partial charge in [0.2, 0.25) is 0 Å². The van der Waals surface area contributed by atoms with Crippen molar-refractivity contribution < 1.29 is 4.79 Å². The Morgan fingerprint density at radius 3 is 2.67 bits per heavy atom. The fraction of sp³-hybridized carbons (Fsp3) is 0.267. The van der Waals surface area contributed by atoms with Crippen molar-refractivity contribution >= 4 is 50.5 Å². The lowest BCUT2D eigenvalue weighted by Gasteiger charge is -2.14. The summed E-state index contributed by atoms with van der Waals surface area (Å²) in [7, 11) is 3.50. The lowest BCUT2D eigenvalue weighted by atomic mass is 10.1. The third-order valence-electron chi connectivity index (χ3n) is 3.04. The predicted octanol–water partition coefficient (Wildman–Crippen LogP) is 4.79. The number of benzene rings is 1. The van der Waals surface area contributed by atoms with E-state index < -0.39 is 0 Å². The van der Waals surface area contributed by atoms with Crippen LogP contribution in [0.5, 0.6) is 0 Å². The molecule has 112 valence electrons. The molecule has 1 N–H and O–H groups in total. The van der Waals surface area contributed by atoms with E-state index in [9.17, 15) is 4.79 Å². The third-order valence-corrected chi connectivity index (χ3v) is 5.51. The van der Waals surface area contributed by atoms with Crippen molar-refractivity contribution in [3.05, 3.63) is 49.1 Å². The van der Waals surface area contributed by atoms with Gasteiger partial charge in [-0.05, 0) is 46.6 Å². The number of halogens is 2. The molecule has 0 saturated heterocycles. The highest BCUT2D eigenvalue weighted by Crippen LogP contribution is 2.32. The Morgan fingerprint density at radius 1 is 1.38 bits per heavy atom. The van der Waals surface area contributed by atoms with Crippen LogP contribution in [0.3, 0.4) is 0 Å². The second kappa shape index (κ2) is 6.81. The van der Waals surface area contributed by atoms with Crippen LogP contribution in [-0.2, 0) is 6.54 Å². The molecular formula is C15H16BrClN2OS. The second-order valence-electron chi connectivity index (χ2n) is 4.92. The molecule has 0 unspecified atom stereocenters. The van der Waals surface area contributed by atoms with Crippen LogP contribution >= 0.6 is 38.9 Å². The first kappa shape index (κ1) is 16.3. The molecule has 2 aromatic rings. The molecule has 0 aliphatic rings. The minimum Gasteiger partial charge on any atom is -0.380 e. The van der Waals surface area contributed by atoms with Crippen LogP contribution in [0.2, 0.25) is 4.34 Å². The van der Waals surface area contributed by atoms with Gasteiger partial charge in [0, 0.05) is 41.2 Å². The van der Waals surface area contributed by atoms with Crippen molar-refractivity contribution in [2.24, 2.45) is 0 Å². The maximum absolute atomic E-state index is 12.0. The number of hydrogen-bond donors (Lipinski definition) is 1. The SMILES string of the molecule is Cc1ccc(C(=O)N(C)C)cc1NCc1cc(Br)c(Cl)s1. The van der Waals surface area contributed by atoms with Gasteiger partial charge in [0.1, 0.15) is 4.34 Å². The largest absolute Gasteiger partial charge is 0.380 e. The van der Waals surface area contributed by atoms with Crippen molar-refractivity contribution in [1.82, 2.24) is 4.90 Å². The molecule has 2 rings (SSSR count). The summed E-state index contributed by atoms with van der Waals surface area (Å²) in [6, 6.07) is 7.70. The van der Waals surface area contributed by atoms with Gasteiger partial charge in [-0.25, -0.2) is 0 Å². The summed E-state index contributed by atoms with van der Waals surface area (Å²) in [5.74, 6) is -0.0000347. The number of thiophene rings is 1. The molecule has 0 aliphatic heterocycles. The van der Waals surface area contributed by atoms with Gasteiger partial charge in [0.05, 0.1) is 0 Å². The Morgan fingerprint density at radius 2 is 2.10 bits per heavy atom. The smallest absolute Gasteiger partial charge is 0.253 e. The van der Waals surface area contributed by atoms with Gasteiger partial charge in [-0.3, -0.25) is 4.79 Å². The lowest BCUT2D eigenvalue weighted by molar-refractivity contribution is 0.0827. The first-order valence-electron chi connectivity index (χ1n) is 6.38. The van der Waals surface area contributed by atoms with Gasteiger partial charge in [0.15, 0.2) is 0 Å². The summed E-state index contributed by atoms with van der Waals surface area (Å²) < 4.78 is 1.67. The van der Waals surface area contributed by atoms with Crippen molar-refractivity contribution in [2.45, 2.75) is 13.5 Å². The van der Waals surface area contributed by atoms with Gasteiger partial charge < -0.3 is 10.2 Å². The highest BCUT2D eigenvalue weighted by molar-refractivity contribution is 9.10. The van der Waals surface area contributed by atoms with Crippen LogP contribution in [0.4, 0.5) is 5.69 Å². The van der Waals surface area contributed by atoms with E-state index in [-0.39, 0.29) is 5.91 Å². The molecule has 1 amide bonds. The van der Waals surface area contributed by atoms with E-state index in [0.29, 0.717) is 12.1 Å². The van der Waals surface area contributed by atoms with E-state index in [2.05, 4.69) is 21.2 Å². The highest BCUT2D eigenvalue weighted by atomic mass is 79.9. The fourth-order valence-electron chi connectivity index (χ4n) is 1.86. The number of carbonyl (C=O) groups is 1. The lowest BCUT2D eigenvalue weighted by Crippen LogP contribution is -2.21. The van der Waals surface area contributed by atoms with E-state index in [0.717, 1.165) is 24.9 Å². The topological polar surface area (TPSA) is 32.3 Å². The van der Waals surface area contributed by atoms with Crippen LogP contribution in [0, 0.1) is 6.92 Å². The van der Waals surface area contributed by atoms with Crippen molar-refractivity contribution in [3.8, 4) is 0 Å². The molecular weight excluding hydrogens is 372 g/mol. The number of aryl methyl sites for hydroxylation is 1. The first-order valence-corrected chi connectivity index (χ1v) is 8.37. The number of anilines is 1. The number of carbonyl (C=O) groups excluding carboxylic acids is 1. The molecule has 1 aromatic carbocycles. The Balaban J connectivity index is 2.15. The van der Waals surface area contributed by atoms with Crippen LogP contribution in [-0.4, -0.2) is 24.9 Å². The first-order chi connectivity index (χ1) is 9.88. The molecule has 21 heavy (non-hydrogen) atoms. The van der Waals surface area contributed by atoms with E-state index in [1.165, 1.54) is 11.3 Å². The predicted molar refractivity (Wildman–Crippen MR) is 93.6 cm³/mol. The zero-order chi connectivity index (χ0) is 15.6. The average Bonchev–Trinajstić information content (AvgIpc) is 2.76. The molecule has 0 atom stereocenters. The summed E-state index contributed by atoms with van der Waals surface area (Å²) in [6.45, 7) is 2.69. The van der Waals surface area contributed by atoms with Gasteiger partial charge >= 0.3 is 0 Å². The van der Waals surface area contributed by atoms with Crippen molar-refractivity contribution in [2.75, 3.05) is 19.4 Å². The van der Waals surface area contributed by atoms with Gasteiger partial charge in [-0.15, -0.1) is 11.3 Å². The normalized spacial score (nSPS) is 10.5. The summed E-state index contributed by atoms with van der Waals surface area (Å²) in [4.78, 5) is 14.7. The van der Waals surface area contributed by atoms with Crippen LogP contribution < -0.4 is 5.32 Å². The van der Waals surface area contributed by atoms with Crippen LogP contribution in [0.25, 0.3) is 0 Å². The number of nitrogens with one attached hydrogen (secondary N) is 1. The Hall–Kier alpha value is -1.04. The van der Waals surface area contributed by atoms with E-state index in [1.807, 2.05) is 31.2 Å².